The van der Waals surface area contributed by atoms with Crippen LogP contribution >= 0.6 is 11.8 Å². The van der Waals surface area contributed by atoms with E-state index in [9.17, 15) is 9.59 Å². The molecule has 0 spiro atoms. The minimum Gasteiger partial charge on any atom is -0.326 e. The van der Waals surface area contributed by atoms with Gasteiger partial charge in [0.15, 0.2) is 5.17 Å². The summed E-state index contributed by atoms with van der Waals surface area (Å²) < 4.78 is 0. The van der Waals surface area contributed by atoms with Crippen LogP contribution in [0.15, 0.2) is 28.4 Å². The van der Waals surface area contributed by atoms with Crippen LogP contribution in [0.1, 0.15) is 49.7 Å². The zero-order valence-corrected chi connectivity index (χ0v) is 16.0. The van der Waals surface area contributed by atoms with E-state index in [-0.39, 0.29) is 18.2 Å². The Morgan fingerprint density at radius 3 is 2.73 bits per heavy atom. The molecule has 1 atom stereocenters. The summed E-state index contributed by atoms with van der Waals surface area (Å²) >= 11 is 1.27. The summed E-state index contributed by atoms with van der Waals surface area (Å²) in [5.74, 6) is -0.363. The number of hydrogen-bond acceptors (Lipinski definition) is 5. The first kappa shape index (κ1) is 18.6. The van der Waals surface area contributed by atoms with Crippen LogP contribution in [0.5, 0.6) is 0 Å². The van der Waals surface area contributed by atoms with Crippen molar-refractivity contribution in [3.05, 3.63) is 29.3 Å². The van der Waals surface area contributed by atoms with Crippen molar-refractivity contribution in [3.8, 4) is 0 Å². The lowest BCUT2D eigenvalue weighted by Crippen LogP contribution is -2.28. The summed E-state index contributed by atoms with van der Waals surface area (Å²) in [6.07, 6.45) is 5.64. The van der Waals surface area contributed by atoms with Crippen LogP contribution in [0.3, 0.4) is 0 Å². The first-order chi connectivity index (χ1) is 12.5. The molecule has 1 aliphatic carbocycles. The van der Waals surface area contributed by atoms with Gasteiger partial charge in [-0.15, -0.1) is 5.10 Å². The number of nitrogens with one attached hydrogen (secondary N) is 2. The second kappa shape index (κ2) is 8.49. The molecule has 0 bridgehead atoms. The van der Waals surface area contributed by atoms with Crippen molar-refractivity contribution in [2.24, 2.45) is 10.2 Å². The number of rotatable bonds is 4. The van der Waals surface area contributed by atoms with Crippen LogP contribution in [0.25, 0.3) is 0 Å². The Hall–Kier alpha value is -2.15. The van der Waals surface area contributed by atoms with E-state index in [2.05, 4.69) is 20.8 Å². The molecule has 2 fully saturated rings. The first-order valence-electron chi connectivity index (χ1n) is 8.99. The van der Waals surface area contributed by atoms with Gasteiger partial charge in [-0.25, -0.2) is 0 Å². The van der Waals surface area contributed by atoms with Crippen molar-refractivity contribution in [2.45, 2.75) is 57.6 Å². The molecule has 1 saturated heterocycles. The van der Waals surface area contributed by atoms with Crippen LogP contribution in [0, 0.1) is 13.8 Å². The maximum atomic E-state index is 12.3. The molecule has 1 aromatic carbocycles. The van der Waals surface area contributed by atoms with E-state index in [1.165, 1.54) is 18.2 Å². The molecule has 2 amide bonds. The Morgan fingerprint density at radius 1 is 1.23 bits per heavy atom. The van der Waals surface area contributed by atoms with Crippen molar-refractivity contribution in [1.82, 2.24) is 5.32 Å². The van der Waals surface area contributed by atoms with Gasteiger partial charge in [-0.1, -0.05) is 35.9 Å². The number of benzene rings is 1. The Bertz CT molecular complexity index is 765. The molecule has 26 heavy (non-hydrogen) atoms. The van der Waals surface area contributed by atoms with Crippen molar-refractivity contribution in [1.29, 1.82) is 0 Å². The number of nitrogens with zero attached hydrogens (tertiary/aromatic N) is 2. The molecule has 3 rings (SSSR count). The number of carbonyl (C=O) groups excluding carboxylic acids is 2. The molecule has 7 heteroatoms. The smallest absolute Gasteiger partial charge is 0.240 e. The lowest BCUT2D eigenvalue weighted by atomic mass is 9.99. The van der Waals surface area contributed by atoms with E-state index in [0.717, 1.165) is 48.2 Å². The molecule has 0 radical (unpaired) electrons. The number of hydrogen-bond donors (Lipinski definition) is 2. The molecular formula is C19H24N4O2S. The maximum Gasteiger partial charge on any atom is 0.240 e. The molecule has 6 nitrogen and oxygen atoms in total. The molecule has 1 saturated carbocycles. The number of amidine groups is 1. The minimum atomic E-state index is -0.467. The van der Waals surface area contributed by atoms with Gasteiger partial charge >= 0.3 is 0 Å². The fraction of sp³-hybridized carbons (Fsp3) is 0.474. The molecular weight excluding hydrogens is 348 g/mol. The maximum absolute atomic E-state index is 12.3. The second-order valence-electron chi connectivity index (χ2n) is 6.80. The van der Waals surface area contributed by atoms with Gasteiger partial charge in [0.1, 0.15) is 5.25 Å². The highest BCUT2D eigenvalue weighted by atomic mass is 32.2. The molecule has 1 aliphatic heterocycles. The molecule has 138 valence electrons. The van der Waals surface area contributed by atoms with Gasteiger partial charge in [-0.2, -0.15) is 5.10 Å². The summed E-state index contributed by atoms with van der Waals surface area (Å²) in [7, 11) is 0. The van der Waals surface area contributed by atoms with Crippen molar-refractivity contribution < 1.29 is 9.59 Å². The molecule has 1 aromatic rings. The zero-order valence-electron chi connectivity index (χ0n) is 15.2. The molecule has 0 aromatic heterocycles. The first-order valence-corrected chi connectivity index (χ1v) is 9.87. The Kier molecular flexibility index (Phi) is 6.08. The largest absolute Gasteiger partial charge is 0.326 e. The van der Waals surface area contributed by atoms with Crippen LogP contribution in [-0.4, -0.2) is 27.9 Å². The van der Waals surface area contributed by atoms with Gasteiger partial charge in [-0.05, 0) is 51.2 Å². The molecule has 2 aliphatic rings. The van der Waals surface area contributed by atoms with Gasteiger partial charge in [0.05, 0.1) is 0 Å². The van der Waals surface area contributed by atoms with E-state index >= 15 is 0 Å². The second-order valence-corrected chi connectivity index (χ2v) is 7.99. The fourth-order valence-electron chi connectivity index (χ4n) is 3.09. The average molecular weight is 372 g/mol. The highest BCUT2D eigenvalue weighted by Crippen LogP contribution is 2.24. The monoisotopic (exact) mass is 372 g/mol. The average Bonchev–Trinajstić information content (AvgIpc) is 2.96. The summed E-state index contributed by atoms with van der Waals surface area (Å²) in [5, 5.41) is 14.1. The van der Waals surface area contributed by atoms with E-state index < -0.39 is 5.25 Å². The third kappa shape index (κ3) is 4.94. The minimum absolute atomic E-state index is 0.111. The summed E-state index contributed by atoms with van der Waals surface area (Å²) in [6, 6.07) is 5.86. The third-order valence-corrected chi connectivity index (χ3v) is 5.59. The highest BCUT2D eigenvalue weighted by Gasteiger charge is 2.32. The van der Waals surface area contributed by atoms with Gasteiger partial charge in [-0.3, -0.25) is 9.59 Å². The Morgan fingerprint density at radius 2 is 2.00 bits per heavy atom. The molecule has 1 unspecified atom stereocenters. The lowest BCUT2D eigenvalue weighted by Gasteiger charge is -2.10. The highest BCUT2D eigenvalue weighted by molar-refractivity contribution is 8.15. The summed E-state index contributed by atoms with van der Waals surface area (Å²) in [5.41, 5.74) is 4.02. The van der Waals surface area contributed by atoms with Gasteiger partial charge in [0.2, 0.25) is 11.8 Å². The predicted octanol–water partition coefficient (Wildman–Crippen LogP) is 3.54. The SMILES string of the molecule is Cc1ccc(NC(=O)CC2S/C(=N/N=C3CCCCC3)NC2=O)c(C)c1. The van der Waals surface area contributed by atoms with Crippen LogP contribution < -0.4 is 10.6 Å². The Labute approximate surface area is 157 Å². The van der Waals surface area contributed by atoms with Gasteiger partial charge in [0.25, 0.3) is 0 Å². The zero-order chi connectivity index (χ0) is 18.5. The van der Waals surface area contributed by atoms with E-state index in [1.54, 1.807) is 0 Å². The van der Waals surface area contributed by atoms with Crippen molar-refractivity contribution >= 4 is 40.1 Å². The topological polar surface area (TPSA) is 82.9 Å². The number of thioether (sulfide) groups is 1. The predicted molar refractivity (Wildman–Crippen MR) is 107 cm³/mol. The van der Waals surface area contributed by atoms with E-state index in [0.29, 0.717) is 5.17 Å². The van der Waals surface area contributed by atoms with Crippen LogP contribution in [-0.2, 0) is 9.59 Å². The van der Waals surface area contributed by atoms with E-state index in [4.69, 9.17) is 0 Å². The van der Waals surface area contributed by atoms with E-state index in [1.807, 2.05) is 32.0 Å². The quantitative estimate of drug-likeness (QED) is 0.793. The number of anilines is 1. The van der Waals surface area contributed by atoms with Crippen molar-refractivity contribution in [2.75, 3.05) is 5.32 Å². The van der Waals surface area contributed by atoms with Crippen molar-refractivity contribution in [3.63, 3.8) is 0 Å². The van der Waals surface area contributed by atoms with Gasteiger partial charge in [0, 0.05) is 17.8 Å². The third-order valence-electron chi connectivity index (χ3n) is 4.52. The van der Waals surface area contributed by atoms with Crippen LogP contribution in [0.4, 0.5) is 5.69 Å². The number of aryl methyl sites for hydroxylation is 2. The standard InChI is InChI=1S/C19H24N4O2S/c1-12-8-9-15(13(2)10-12)20-17(24)11-16-18(25)21-19(26-16)23-22-14-6-4-3-5-7-14/h8-10,16H,3-7,11H2,1-2H3,(H,20,24)(H,21,23,25). The molecule has 1 heterocycles. The van der Waals surface area contributed by atoms with Crippen LogP contribution in [0.2, 0.25) is 0 Å². The number of carbonyl (C=O) groups is 2. The van der Waals surface area contributed by atoms with Gasteiger partial charge < -0.3 is 10.6 Å². The fourth-order valence-corrected chi connectivity index (χ4v) is 4.00. The number of amides is 2. The summed E-state index contributed by atoms with van der Waals surface area (Å²) in [4.78, 5) is 24.4. The summed E-state index contributed by atoms with van der Waals surface area (Å²) in [6.45, 7) is 3.96. The lowest BCUT2D eigenvalue weighted by molar-refractivity contribution is -0.122. The Balaban J connectivity index is 1.56. The molecule has 2 N–H and O–H groups in total. The normalized spacial score (nSPS) is 21.6.